The molecule has 0 aromatic heterocycles. The second-order valence-electron chi connectivity index (χ2n) is 5.03. The molecule has 104 valence electrons. The zero-order valence-corrected chi connectivity index (χ0v) is 12.5. The fourth-order valence-corrected chi connectivity index (χ4v) is 3.45. The summed E-state index contributed by atoms with van der Waals surface area (Å²) < 4.78 is 12.7. The lowest BCUT2D eigenvalue weighted by Gasteiger charge is -2.24. The summed E-state index contributed by atoms with van der Waals surface area (Å²) in [6.07, 6.45) is 1.41. The van der Waals surface area contributed by atoms with Crippen molar-refractivity contribution in [1.29, 1.82) is 0 Å². The van der Waals surface area contributed by atoms with E-state index in [-0.39, 0.29) is 12.4 Å². The summed E-state index contributed by atoms with van der Waals surface area (Å²) in [7, 11) is 0. The molecule has 1 aliphatic rings. The Labute approximate surface area is 125 Å². The smallest absolute Gasteiger partial charge is 0.123 e. The van der Waals surface area contributed by atoms with Crippen LogP contribution in [0.4, 0.5) is 10.1 Å². The van der Waals surface area contributed by atoms with E-state index in [0.29, 0.717) is 6.42 Å². The molecule has 4 heteroatoms. The molecule has 3 rings (SSSR count). The molecule has 0 saturated carbocycles. The molecule has 2 aromatic rings. The van der Waals surface area contributed by atoms with E-state index in [1.807, 2.05) is 12.1 Å². The summed E-state index contributed by atoms with van der Waals surface area (Å²) in [6, 6.07) is 12.6. The quantitative estimate of drug-likeness (QED) is 0.663. The van der Waals surface area contributed by atoms with Crippen LogP contribution in [0.3, 0.4) is 0 Å². The molecule has 0 spiro atoms. The van der Waals surface area contributed by atoms with Gasteiger partial charge in [0.15, 0.2) is 0 Å². The second kappa shape index (κ2) is 5.19. The first-order valence-electron chi connectivity index (χ1n) is 6.57. The highest BCUT2D eigenvalue weighted by Gasteiger charge is 2.36. The van der Waals surface area contributed by atoms with Crippen molar-refractivity contribution in [3.8, 4) is 0 Å². The summed E-state index contributed by atoms with van der Waals surface area (Å²) >= 11 is 3.75. The van der Waals surface area contributed by atoms with Crippen LogP contribution in [0.25, 0.3) is 0 Å². The average molecular weight is 336 g/mol. The van der Waals surface area contributed by atoms with Gasteiger partial charge in [-0.2, -0.15) is 0 Å². The number of hydrogen-bond donors (Lipinski definition) is 2. The van der Waals surface area contributed by atoms with E-state index in [0.717, 1.165) is 23.2 Å². The predicted octanol–water partition coefficient (Wildman–Crippen LogP) is 3.58. The number of aliphatic hydroxyl groups excluding tert-OH is 1. The van der Waals surface area contributed by atoms with E-state index in [2.05, 4.69) is 27.3 Å². The number of nitrogens with one attached hydrogen (secondary N) is 1. The normalized spacial score (nSPS) is 20.6. The molecule has 0 radical (unpaired) electrons. The van der Waals surface area contributed by atoms with Crippen LogP contribution in [0.1, 0.15) is 16.7 Å². The number of fused-ring (bicyclic) bond motifs is 1. The molecule has 1 aliphatic heterocycles. The molecule has 0 saturated heterocycles. The molecule has 2 nitrogen and oxygen atoms in total. The third-order valence-electron chi connectivity index (χ3n) is 3.68. The van der Waals surface area contributed by atoms with Crippen LogP contribution in [0, 0.1) is 5.82 Å². The molecular formula is C16H15BrFNO. The van der Waals surface area contributed by atoms with Crippen LogP contribution in [-0.4, -0.2) is 11.7 Å². The number of alkyl halides is 1. The van der Waals surface area contributed by atoms with E-state index >= 15 is 0 Å². The van der Waals surface area contributed by atoms with Gasteiger partial charge in [-0.05, 0) is 35.2 Å². The van der Waals surface area contributed by atoms with Gasteiger partial charge in [0.25, 0.3) is 0 Å². The average Bonchev–Trinajstić information content (AvgIpc) is 2.78. The van der Waals surface area contributed by atoms with Gasteiger partial charge < -0.3 is 10.4 Å². The number of hydrogen-bond acceptors (Lipinski definition) is 2. The molecule has 20 heavy (non-hydrogen) atoms. The Hall–Kier alpha value is -1.39. The van der Waals surface area contributed by atoms with Gasteiger partial charge in [-0.25, -0.2) is 4.39 Å². The van der Waals surface area contributed by atoms with Gasteiger partial charge in [0.2, 0.25) is 0 Å². The lowest BCUT2D eigenvalue weighted by Crippen LogP contribution is -2.25. The zero-order valence-electron chi connectivity index (χ0n) is 10.9. The van der Waals surface area contributed by atoms with Crippen LogP contribution in [-0.2, 0) is 17.3 Å². The summed E-state index contributed by atoms with van der Waals surface area (Å²) in [5, 5.41) is 12.6. The van der Waals surface area contributed by atoms with Gasteiger partial charge >= 0.3 is 0 Å². The third kappa shape index (κ3) is 2.34. The summed E-state index contributed by atoms with van der Waals surface area (Å²) in [5.41, 5.74) is 4.37. The van der Waals surface area contributed by atoms with E-state index in [1.165, 1.54) is 17.7 Å². The number of aliphatic hydroxyl groups is 1. The molecule has 2 N–H and O–H groups in total. The number of rotatable bonds is 3. The van der Waals surface area contributed by atoms with Crippen molar-refractivity contribution in [3.63, 3.8) is 0 Å². The van der Waals surface area contributed by atoms with Crippen LogP contribution in [0.2, 0.25) is 0 Å². The van der Waals surface area contributed by atoms with E-state index < -0.39 is 4.45 Å². The first-order chi connectivity index (χ1) is 9.62. The maximum absolute atomic E-state index is 13.1. The summed E-state index contributed by atoms with van der Waals surface area (Å²) in [5.74, 6) is -0.235. The van der Waals surface area contributed by atoms with Gasteiger partial charge in [0.05, 0.1) is 0 Å². The molecule has 0 aliphatic carbocycles. The predicted molar refractivity (Wildman–Crippen MR) is 81.6 cm³/mol. The lowest BCUT2D eigenvalue weighted by molar-refractivity contribution is 0.300. The van der Waals surface area contributed by atoms with Crippen molar-refractivity contribution in [3.05, 3.63) is 65.0 Å². The van der Waals surface area contributed by atoms with Crippen molar-refractivity contribution in [2.45, 2.75) is 17.3 Å². The van der Waals surface area contributed by atoms with Crippen molar-refractivity contribution >= 4 is 21.6 Å². The monoisotopic (exact) mass is 335 g/mol. The van der Waals surface area contributed by atoms with Crippen LogP contribution >= 0.6 is 15.9 Å². The second-order valence-corrected chi connectivity index (χ2v) is 6.39. The molecule has 1 heterocycles. The molecule has 1 unspecified atom stereocenters. The minimum Gasteiger partial charge on any atom is -0.396 e. The van der Waals surface area contributed by atoms with Gasteiger partial charge in [-0.3, -0.25) is 0 Å². The van der Waals surface area contributed by atoms with Crippen molar-refractivity contribution in [2.24, 2.45) is 0 Å². The maximum Gasteiger partial charge on any atom is 0.123 e. The van der Waals surface area contributed by atoms with Crippen molar-refractivity contribution in [2.75, 3.05) is 11.9 Å². The Morgan fingerprint density at radius 3 is 2.65 bits per heavy atom. The Balaban J connectivity index is 1.96. The van der Waals surface area contributed by atoms with Crippen LogP contribution < -0.4 is 5.32 Å². The Kier molecular flexibility index (Phi) is 3.52. The van der Waals surface area contributed by atoms with E-state index in [4.69, 9.17) is 5.11 Å². The number of halogens is 2. The molecular weight excluding hydrogens is 321 g/mol. The SMILES string of the molecule is OCCc1cccc2c1NC(Br)(c1ccc(F)cc1)C2. The lowest BCUT2D eigenvalue weighted by atomic mass is 10.0. The molecule has 0 bridgehead atoms. The molecule has 2 aromatic carbocycles. The first kappa shape index (κ1) is 13.6. The van der Waals surface area contributed by atoms with Gasteiger partial charge in [0.1, 0.15) is 10.3 Å². The van der Waals surface area contributed by atoms with Gasteiger partial charge in [-0.15, -0.1) is 0 Å². The number of para-hydroxylation sites is 1. The van der Waals surface area contributed by atoms with Gasteiger partial charge in [-0.1, -0.05) is 46.3 Å². The molecule has 0 amide bonds. The topological polar surface area (TPSA) is 32.3 Å². The van der Waals surface area contributed by atoms with Crippen LogP contribution in [0.5, 0.6) is 0 Å². The molecule has 1 atom stereocenters. The maximum atomic E-state index is 13.1. The van der Waals surface area contributed by atoms with Crippen molar-refractivity contribution in [1.82, 2.24) is 0 Å². The highest BCUT2D eigenvalue weighted by atomic mass is 79.9. The van der Waals surface area contributed by atoms with E-state index in [1.54, 1.807) is 12.1 Å². The molecule has 0 fully saturated rings. The van der Waals surface area contributed by atoms with Gasteiger partial charge in [0, 0.05) is 18.7 Å². The summed E-state index contributed by atoms with van der Waals surface area (Å²) in [6.45, 7) is 0.129. The third-order valence-corrected chi connectivity index (χ3v) is 4.61. The summed E-state index contributed by atoms with van der Waals surface area (Å²) in [4.78, 5) is 0. The number of benzene rings is 2. The minimum absolute atomic E-state index is 0.129. The Morgan fingerprint density at radius 2 is 1.95 bits per heavy atom. The zero-order chi connectivity index (χ0) is 14.2. The largest absolute Gasteiger partial charge is 0.396 e. The minimum atomic E-state index is -0.408. The fraction of sp³-hybridized carbons (Fsp3) is 0.250. The highest BCUT2D eigenvalue weighted by molar-refractivity contribution is 9.09. The number of anilines is 1. The standard InChI is InChI=1S/C16H15BrFNO/c17-16(13-4-6-14(18)7-5-13)10-12-3-1-2-11(8-9-20)15(12)19-16/h1-7,19-20H,8-10H2. The Bertz CT molecular complexity index is 629. The fourth-order valence-electron chi connectivity index (χ4n) is 2.68. The first-order valence-corrected chi connectivity index (χ1v) is 7.36. The van der Waals surface area contributed by atoms with Crippen LogP contribution in [0.15, 0.2) is 42.5 Å². The Morgan fingerprint density at radius 1 is 1.20 bits per heavy atom. The highest BCUT2D eigenvalue weighted by Crippen LogP contribution is 2.45. The van der Waals surface area contributed by atoms with Crippen molar-refractivity contribution < 1.29 is 9.50 Å². The van der Waals surface area contributed by atoms with E-state index in [9.17, 15) is 4.39 Å².